The molecule has 5 nitrogen and oxygen atoms in total. The van der Waals surface area contributed by atoms with Gasteiger partial charge in [-0.05, 0) is 30.5 Å². The molecule has 25 heavy (non-hydrogen) atoms. The highest BCUT2D eigenvalue weighted by Gasteiger charge is 2.18. The zero-order valence-electron chi connectivity index (χ0n) is 14.2. The number of rotatable bonds is 6. The van der Waals surface area contributed by atoms with Crippen LogP contribution in [0.5, 0.6) is 5.75 Å². The highest BCUT2D eigenvalue weighted by molar-refractivity contribution is 5.84. The smallest absolute Gasteiger partial charge is 0.279 e. The quantitative estimate of drug-likeness (QED) is 0.792. The molecular weight excluding hydrogens is 323 g/mol. The van der Waals surface area contributed by atoms with Gasteiger partial charge >= 0.3 is 0 Å². The third-order valence-electron chi connectivity index (χ3n) is 3.69. The van der Waals surface area contributed by atoms with Crippen LogP contribution in [0.1, 0.15) is 31.7 Å². The summed E-state index contributed by atoms with van der Waals surface area (Å²) in [6.07, 6.45) is -0.726. The first-order valence-corrected chi connectivity index (χ1v) is 8.02. The first-order chi connectivity index (χ1) is 12.0. The number of ether oxygens (including phenoxy) is 1. The highest BCUT2D eigenvalue weighted by Crippen LogP contribution is 2.18. The summed E-state index contributed by atoms with van der Waals surface area (Å²) in [5.74, 6) is -1.44. The predicted molar refractivity (Wildman–Crippen MR) is 92.2 cm³/mol. The van der Waals surface area contributed by atoms with Crippen molar-refractivity contribution in [2.45, 2.75) is 32.3 Å². The summed E-state index contributed by atoms with van der Waals surface area (Å²) >= 11 is 0. The lowest BCUT2D eigenvalue weighted by atomic mass is 9.98. The van der Waals surface area contributed by atoms with Gasteiger partial charge in [-0.15, -0.1) is 0 Å². The molecule has 2 rings (SSSR count). The first-order valence-electron chi connectivity index (χ1n) is 8.02. The predicted octanol–water partition coefficient (Wildman–Crippen LogP) is 2.93. The molecule has 0 aromatic heterocycles. The molecule has 2 aromatic carbocycles. The minimum absolute atomic E-state index is 0.0187. The number of halogens is 1. The summed E-state index contributed by atoms with van der Waals surface area (Å²) in [5.41, 5.74) is 5.69. The van der Waals surface area contributed by atoms with Crippen LogP contribution in [0.4, 0.5) is 4.39 Å². The van der Waals surface area contributed by atoms with E-state index in [1.807, 2.05) is 37.3 Å². The molecule has 0 unspecified atom stereocenters. The van der Waals surface area contributed by atoms with E-state index in [1.54, 1.807) is 6.07 Å². The number of benzene rings is 2. The molecule has 6 heteroatoms. The van der Waals surface area contributed by atoms with E-state index in [-0.39, 0.29) is 24.0 Å². The Labute approximate surface area is 146 Å². The number of hydrazine groups is 1. The van der Waals surface area contributed by atoms with Crippen LogP contribution in [-0.2, 0) is 9.59 Å². The Kier molecular flexibility index (Phi) is 6.51. The van der Waals surface area contributed by atoms with Crippen LogP contribution in [0.2, 0.25) is 0 Å². The van der Waals surface area contributed by atoms with Gasteiger partial charge in [-0.3, -0.25) is 20.4 Å². The molecular formula is C19H21FN2O3. The van der Waals surface area contributed by atoms with Gasteiger partial charge in [-0.2, -0.15) is 0 Å². The van der Waals surface area contributed by atoms with Gasteiger partial charge in [0.25, 0.3) is 5.91 Å². The molecule has 0 aliphatic carbocycles. The van der Waals surface area contributed by atoms with Gasteiger partial charge in [0.1, 0.15) is 0 Å². The van der Waals surface area contributed by atoms with Crippen LogP contribution in [0.25, 0.3) is 0 Å². The van der Waals surface area contributed by atoms with Crippen molar-refractivity contribution < 1.29 is 18.7 Å². The van der Waals surface area contributed by atoms with Crippen LogP contribution >= 0.6 is 0 Å². The molecule has 2 N–H and O–H groups in total. The summed E-state index contributed by atoms with van der Waals surface area (Å²) in [5, 5.41) is 0. The average Bonchev–Trinajstić information content (AvgIpc) is 2.62. The Morgan fingerprint density at radius 1 is 1.00 bits per heavy atom. The lowest BCUT2D eigenvalue weighted by Gasteiger charge is -2.16. The minimum atomic E-state index is -0.955. The van der Waals surface area contributed by atoms with Crippen LogP contribution in [0.3, 0.4) is 0 Å². The number of carbonyl (C=O) groups excluding carboxylic acids is 2. The summed E-state index contributed by atoms with van der Waals surface area (Å²) in [4.78, 5) is 23.9. The molecule has 132 valence electrons. The highest BCUT2D eigenvalue weighted by atomic mass is 19.1. The van der Waals surface area contributed by atoms with Crippen molar-refractivity contribution in [3.63, 3.8) is 0 Å². The van der Waals surface area contributed by atoms with Gasteiger partial charge in [-0.25, -0.2) is 4.39 Å². The SMILES string of the molecule is C[C@H](Oc1ccccc1F)C(=O)NNC(=O)C[C@H](C)c1ccccc1. The second-order valence-electron chi connectivity index (χ2n) is 5.74. The summed E-state index contributed by atoms with van der Waals surface area (Å²) in [6.45, 7) is 3.40. The van der Waals surface area contributed by atoms with Crippen molar-refractivity contribution in [2.24, 2.45) is 0 Å². The van der Waals surface area contributed by atoms with E-state index in [2.05, 4.69) is 10.9 Å². The van der Waals surface area contributed by atoms with E-state index in [0.717, 1.165) is 5.56 Å². The van der Waals surface area contributed by atoms with Crippen molar-refractivity contribution in [3.8, 4) is 5.75 Å². The number of carbonyl (C=O) groups is 2. The maximum absolute atomic E-state index is 13.5. The number of amides is 2. The Bertz CT molecular complexity index is 722. The second kappa shape index (κ2) is 8.82. The van der Waals surface area contributed by atoms with E-state index in [1.165, 1.54) is 25.1 Å². The van der Waals surface area contributed by atoms with Gasteiger partial charge in [0, 0.05) is 6.42 Å². The third-order valence-corrected chi connectivity index (χ3v) is 3.69. The molecule has 0 aliphatic heterocycles. The normalized spacial score (nSPS) is 12.8. The fourth-order valence-corrected chi connectivity index (χ4v) is 2.25. The molecule has 0 saturated carbocycles. The van der Waals surface area contributed by atoms with Crippen LogP contribution in [0, 0.1) is 5.82 Å². The summed E-state index contributed by atoms with van der Waals surface area (Å²) < 4.78 is 18.8. The van der Waals surface area contributed by atoms with Gasteiger partial charge in [0.15, 0.2) is 17.7 Å². The first kappa shape index (κ1) is 18.4. The van der Waals surface area contributed by atoms with Crippen molar-refractivity contribution in [2.75, 3.05) is 0 Å². The fourth-order valence-electron chi connectivity index (χ4n) is 2.25. The molecule has 2 atom stereocenters. The average molecular weight is 344 g/mol. The van der Waals surface area contributed by atoms with E-state index < -0.39 is 17.8 Å². The van der Waals surface area contributed by atoms with Gasteiger partial charge < -0.3 is 4.74 Å². The molecule has 0 radical (unpaired) electrons. The van der Waals surface area contributed by atoms with E-state index >= 15 is 0 Å². The Hall–Kier alpha value is -2.89. The zero-order valence-corrected chi connectivity index (χ0v) is 14.2. The number of para-hydroxylation sites is 1. The van der Waals surface area contributed by atoms with E-state index in [9.17, 15) is 14.0 Å². The maximum Gasteiger partial charge on any atom is 0.279 e. The van der Waals surface area contributed by atoms with Crippen LogP contribution in [-0.4, -0.2) is 17.9 Å². The summed E-state index contributed by atoms with van der Waals surface area (Å²) in [7, 11) is 0. The lowest BCUT2D eigenvalue weighted by molar-refractivity contribution is -0.132. The minimum Gasteiger partial charge on any atom is -0.478 e. The fraction of sp³-hybridized carbons (Fsp3) is 0.263. The van der Waals surface area contributed by atoms with E-state index in [4.69, 9.17) is 4.74 Å². The third kappa shape index (κ3) is 5.60. The number of hydrogen-bond donors (Lipinski definition) is 2. The second-order valence-corrected chi connectivity index (χ2v) is 5.74. The molecule has 2 amide bonds. The van der Waals surface area contributed by atoms with Gasteiger partial charge in [0.2, 0.25) is 5.91 Å². The number of nitrogens with one attached hydrogen (secondary N) is 2. The summed E-state index contributed by atoms with van der Waals surface area (Å²) in [6, 6.07) is 15.4. The molecule has 0 spiro atoms. The van der Waals surface area contributed by atoms with Crippen molar-refractivity contribution in [1.29, 1.82) is 0 Å². The van der Waals surface area contributed by atoms with Crippen molar-refractivity contribution in [1.82, 2.24) is 10.9 Å². The van der Waals surface area contributed by atoms with Crippen LogP contribution in [0.15, 0.2) is 54.6 Å². The zero-order chi connectivity index (χ0) is 18.2. The maximum atomic E-state index is 13.5. The Morgan fingerprint density at radius 3 is 2.32 bits per heavy atom. The van der Waals surface area contributed by atoms with E-state index in [0.29, 0.717) is 0 Å². The Morgan fingerprint density at radius 2 is 1.64 bits per heavy atom. The van der Waals surface area contributed by atoms with Crippen molar-refractivity contribution in [3.05, 3.63) is 66.0 Å². The standard InChI is InChI=1S/C19H21FN2O3/c1-13(15-8-4-3-5-9-15)12-18(23)21-22-19(24)14(2)25-17-11-7-6-10-16(17)20/h3-11,13-14H,12H2,1-2H3,(H,21,23)(H,22,24)/t13-,14-/m0/s1. The molecule has 2 aromatic rings. The topological polar surface area (TPSA) is 67.4 Å². The molecule has 0 fully saturated rings. The van der Waals surface area contributed by atoms with Crippen molar-refractivity contribution >= 4 is 11.8 Å². The molecule has 0 heterocycles. The van der Waals surface area contributed by atoms with Crippen LogP contribution < -0.4 is 15.6 Å². The monoisotopic (exact) mass is 344 g/mol. The van der Waals surface area contributed by atoms with Gasteiger partial charge in [-0.1, -0.05) is 49.4 Å². The molecule has 0 aliphatic rings. The Balaban J connectivity index is 1.79. The molecule has 0 saturated heterocycles. The van der Waals surface area contributed by atoms with Gasteiger partial charge in [0.05, 0.1) is 0 Å². The lowest BCUT2D eigenvalue weighted by Crippen LogP contribution is -2.47. The number of hydrogen-bond acceptors (Lipinski definition) is 3. The molecule has 0 bridgehead atoms. The largest absolute Gasteiger partial charge is 0.478 e.